The molecular weight excluding hydrogens is 290 g/mol. The van der Waals surface area contributed by atoms with Crippen molar-refractivity contribution in [2.45, 2.75) is 26.5 Å². The van der Waals surface area contributed by atoms with E-state index in [0.29, 0.717) is 18.3 Å². The van der Waals surface area contributed by atoms with Gasteiger partial charge in [0.1, 0.15) is 18.4 Å². The summed E-state index contributed by atoms with van der Waals surface area (Å²) in [6, 6.07) is 17.9. The highest BCUT2D eigenvalue weighted by Crippen LogP contribution is 2.21. The van der Waals surface area contributed by atoms with Crippen LogP contribution < -0.4 is 10.1 Å². The summed E-state index contributed by atoms with van der Waals surface area (Å²) in [5.74, 6) is 2.05. The molecule has 1 atom stereocenters. The maximum atomic E-state index is 5.77. The van der Waals surface area contributed by atoms with Crippen LogP contribution in [0.25, 0.3) is 0 Å². The van der Waals surface area contributed by atoms with E-state index in [2.05, 4.69) is 15.5 Å². The van der Waals surface area contributed by atoms with Gasteiger partial charge in [-0.3, -0.25) is 0 Å². The van der Waals surface area contributed by atoms with E-state index in [4.69, 9.17) is 9.26 Å². The van der Waals surface area contributed by atoms with Gasteiger partial charge in [0.05, 0.1) is 0 Å². The largest absolute Gasteiger partial charge is 0.489 e. The third kappa shape index (κ3) is 4.10. The number of nitrogens with one attached hydrogen (secondary N) is 1. The number of hydrogen-bond donors (Lipinski definition) is 1. The normalized spacial score (nSPS) is 11.9. The minimum absolute atomic E-state index is 0.0488. The molecule has 0 aliphatic carbocycles. The highest BCUT2D eigenvalue weighted by atomic mass is 16.5. The van der Waals surface area contributed by atoms with E-state index in [1.54, 1.807) is 6.92 Å². The van der Waals surface area contributed by atoms with Crippen molar-refractivity contribution in [3.63, 3.8) is 0 Å². The van der Waals surface area contributed by atoms with Gasteiger partial charge >= 0.3 is 0 Å². The first-order valence-electron chi connectivity index (χ1n) is 7.54. The van der Waals surface area contributed by atoms with Crippen LogP contribution in [0.5, 0.6) is 5.75 Å². The Morgan fingerprint density at radius 1 is 1.09 bits per heavy atom. The average Bonchev–Trinajstić information content (AvgIpc) is 3.02. The summed E-state index contributed by atoms with van der Waals surface area (Å²) in [4.78, 5) is 4.22. The number of hydrogen-bond acceptors (Lipinski definition) is 5. The van der Waals surface area contributed by atoms with E-state index < -0.39 is 0 Å². The van der Waals surface area contributed by atoms with Crippen LogP contribution in [0.4, 0.5) is 5.69 Å². The third-order valence-electron chi connectivity index (χ3n) is 3.40. The van der Waals surface area contributed by atoms with E-state index in [9.17, 15) is 0 Å². The Morgan fingerprint density at radius 3 is 2.48 bits per heavy atom. The molecule has 0 aliphatic rings. The SMILES string of the molecule is Cc1noc(C(C)Nc2ccc(OCc3ccccc3)cc2)n1. The van der Waals surface area contributed by atoms with Gasteiger partial charge < -0.3 is 14.6 Å². The molecule has 23 heavy (non-hydrogen) atoms. The molecule has 0 aliphatic heterocycles. The van der Waals surface area contributed by atoms with Crippen molar-refractivity contribution in [2.75, 3.05) is 5.32 Å². The van der Waals surface area contributed by atoms with Gasteiger partial charge in [0.2, 0.25) is 5.89 Å². The molecule has 118 valence electrons. The summed E-state index contributed by atoms with van der Waals surface area (Å²) >= 11 is 0. The van der Waals surface area contributed by atoms with Gasteiger partial charge in [0.15, 0.2) is 5.82 Å². The molecule has 0 saturated heterocycles. The fraction of sp³-hybridized carbons (Fsp3) is 0.222. The van der Waals surface area contributed by atoms with Crippen molar-refractivity contribution < 1.29 is 9.26 Å². The molecule has 0 saturated carbocycles. The van der Waals surface area contributed by atoms with Gasteiger partial charge in [-0.05, 0) is 43.7 Å². The summed E-state index contributed by atoms with van der Waals surface area (Å²) in [5.41, 5.74) is 2.12. The number of aryl methyl sites for hydroxylation is 1. The Hall–Kier alpha value is -2.82. The van der Waals surface area contributed by atoms with Crippen LogP contribution in [-0.4, -0.2) is 10.1 Å². The topological polar surface area (TPSA) is 60.2 Å². The van der Waals surface area contributed by atoms with Crippen molar-refractivity contribution in [3.05, 3.63) is 71.9 Å². The zero-order valence-corrected chi connectivity index (χ0v) is 13.2. The maximum Gasteiger partial charge on any atom is 0.248 e. The van der Waals surface area contributed by atoms with Gasteiger partial charge in [0.25, 0.3) is 0 Å². The smallest absolute Gasteiger partial charge is 0.248 e. The Balaban J connectivity index is 1.56. The molecule has 1 unspecified atom stereocenters. The minimum atomic E-state index is -0.0488. The molecule has 0 amide bonds. The molecule has 0 spiro atoms. The van der Waals surface area contributed by atoms with E-state index in [1.807, 2.05) is 61.5 Å². The molecule has 0 radical (unpaired) electrons. The van der Waals surface area contributed by atoms with Crippen LogP contribution in [0.1, 0.15) is 30.2 Å². The predicted molar refractivity (Wildman–Crippen MR) is 88.3 cm³/mol. The Bertz CT molecular complexity index is 738. The zero-order valence-electron chi connectivity index (χ0n) is 13.2. The van der Waals surface area contributed by atoms with Crippen LogP contribution in [0.15, 0.2) is 59.1 Å². The number of aromatic nitrogens is 2. The molecule has 5 heteroatoms. The van der Waals surface area contributed by atoms with E-state index in [-0.39, 0.29) is 6.04 Å². The van der Waals surface area contributed by atoms with Crippen LogP contribution in [0, 0.1) is 6.92 Å². The standard InChI is InChI=1S/C18H19N3O2/c1-13(18-20-14(2)21-23-18)19-16-8-10-17(11-9-16)22-12-15-6-4-3-5-7-15/h3-11,13,19H,12H2,1-2H3. The second-order valence-corrected chi connectivity index (χ2v) is 5.34. The Morgan fingerprint density at radius 2 is 1.83 bits per heavy atom. The molecule has 3 aromatic rings. The van der Waals surface area contributed by atoms with Crippen LogP contribution in [-0.2, 0) is 6.61 Å². The van der Waals surface area contributed by atoms with Gasteiger partial charge in [0, 0.05) is 5.69 Å². The summed E-state index contributed by atoms with van der Waals surface area (Å²) in [7, 11) is 0. The number of benzene rings is 2. The van der Waals surface area contributed by atoms with Gasteiger partial charge in [-0.2, -0.15) is 4.98 Å². The maximum absolute atomic E-state index is 5.77. The van der Waals surface area contributed by atoms with Crippen molar-refractivity contribution in [1.82, 2.24) is 10.1 Å². The van der Waals surface area contributed by atoms with E-state index in [0.717, 1.165) is 17.0 Å². The lowest BCUT2D eigenvalue weighted by molar-refractivity contribution is 0.306. The lowest BCUT2D eigenvalue weighted by atomic mass is 10.2. The molecule has 1 N–H and O–H groups in total. The first kappa shape index (κ1) is 15.1. The van der Waals surface area contributed by atoms with Crippen LogP contribution in [0.3, 0.4) is 0 Å². The Labute approximate surface area is 135 Å². The zero-order chi connectivity index (χ0) is 16.1. The van der Waals surface area contributed by atoms with Crippen molar-refractivity contribution in [3.8, 4) is 5.75 Å². The van der Waals surface area contributed by atoms with E-state index >= 15 is 0 Å². The lowest BCUT2D eigenvalue weighted by Crippen LogP contribution is -2.07. The van der Waals surface area contributed by atoms with Crippen molar-refractivity contribution in [2.24, 2.45) is 0 Å². The van der Waals surface area contributed by atoms with Gasteiger partial charge in [-0.25, -0.2) is 0 Å². The number of anilines is 1. The highest BCUT2D eigenvalue weighted by molar-refractivity contribution is 5.47. The third-order valence-corrected chi connectivity index (χ3v) is 3.40. The monoisotopic (exact) mass is 309 g/mol. The average molecular weight is 309 g/mol. The Kier molecular flexibility index (Phi) is 4.57. The second kappa shape index (κ2) is 6.96. The molecule has 1 heterocycles. The number of ether oxygens (including phenoxy) is 1. The summed E-state index contributed by atoms with van der Waals surface area (Å²) < 4.78 is 10.9. The molecule has 1 aromatic heterocycles. The van der Waals surface area contributed by atoms with Crippen LogP contribution in [0.2, 0.25) is 0 Å². The first-order valence-corrected chi connectivity index (χ1v) is 7.54. The molecule has 5 nitrogen and oxygen atoms in total. The summed E-state index contributed by atoms with van der Waals surface area (Å²) in [5, 5.41) is 7.12. The van der Waals surface area contributed by atoms with Crippen molar-refractivity contribution in [1.29, 1.82) is 0 Å². The number of nitrogens with zero attached hydrogens (tertiary/aromatic N) is 2. The fourth-order valence-electron chi connectivity index (χ4n) is 2.19. The van der Waals surface area contributed by atoms with Gasteiger partial charge in [-0.1, -0.05) is 35.5 Å². The number of rotatable bonds is 6. The fourth-order valence-corrected chi connectivity index (χ4v) is 2.19. The summed E-state index contributed by atoms with van der Waals surface area (Å²) in [6.07, 6.45) is 0. The first-order chi connectivity index (χ1) is 11.2. The molecule has 0 fully saturated rings. The molecule has 2 aromatic carbocycles. The molecule has 0 bridgehead atoms. The lowest BCUT2D eigenvalue weighted by Gasteiger charge is -2.12. The summed E-state index contributed by atoms with van der Waals surface area (Å²) in [6.45, 7) is 4.34. The predicted octanol–water partition coefficient (Wildman–Crippen LogP) is 4.13. The second-order valence-electron chi connectivity index (χ2n) is 5.34. The van der Waals surface area contributed by atoms with Crippen LogP contribution >= 0.6 is 0 Å². The quantitative estimate of drug-likeness (QED) is 0.742. The van der Waals surface area contributed by atoms with Gasteiger partial charge in [-0.15, -0.1) is 0 Å². The van der Waals surface area contributed by atoms with Crippen molar-refractivity contribution >= 4 is 5.69 Å². The van der Waals surface area contributed by atoms with E-state index in [1.165, 1.54) is 0 Å². The molecule has 3 rings (SSSR count). The molecular formula is C18H19N3O2. The highest BCUT2D eigenvalue weighted by Gasteiger charge is 2.12. The minimum Gasteiger partial charge on any atom is -0.489 e.